The van der Waals surface area contributed by atoms with Crippen molar-refractivity contribution in [2.75, 3.05) is 27.7 Å². The van der Waals surface area contributed by atoms with Crippen LogP contribution in [-0.2, 0) is 17.2 Å². The molecule has 97 valence electrons. The Labute approximate surface area is 111 Å². The second kappa shape index (κ2) is 20.7. The van der Waals surface area contributed by atoms with Crippen LogP contribution >= 0.6 is 0 Å². The van der Waals surface area contributed by atoms with Crippen molar-refractivity contribution in [3.05, 3.63) is 12.7 Å². The van der Waals surface area contributed by atoms with Crippen LogP contribution in [0.5, 0.6) is 0 Å². The molecule has 16 heavy (non-hydrogen) atoms. The number of aliphatic hydroxyl groups is 1. The average Bonchev–Trinajstić information content (AvgIpc) is 2.75. The van der Waals surface area contributed by atoms with Crippen LogP contribution in [0.1, 0.15) is 38.5 Å². The van der Waals surface area contributed by atoms with E-state index in [1.807, 2.05) is 7.05 Å². The summed E-state index contributed by atoms with van der Waals surface area (Å²) in [6.07, 6.45) is 8.69. The molecule has 0 spiro atoms. The monoisotopic (exact) mass is 267 g/mol. The smallest absolute Gasteiger partial charge is 0.358 e. The Morgan fingerprint density at radius 3 is 2.12 bits per heavy atom. The zero-order valence-corrected chi connectivity index (χ0v) is 12.7. The van der Waals surface area contributed by atoms with Crippen molar-refractivity contribution in [3.63, 3.8) is 0 Å². The fourth-order valence-corrected chi connectivity index (χ4v) is 1.84. The second-order valence-electron chi connectivity index (χ2n) is 3.53. The third-order valence-corrected chi connectivity index (χ3v) is 2.47. The van der Waals surface area contributed by atoms with E-state index in [4.69, 9.17) is 5.11 Å². The topological polar surface area (TPSA) is 46.7 Å². The number of hydrogen-bond donors (Lipinski definition) is 1. The van der Waals surface area contributed by atoms with Crippen molar-refractivity contribution in [3.8, 4) is 0 Å². The van der Waals surface area contributed by atoms with Crippen molar-refractivity contribution in [2.24, 2.45) is 9.71 Å². The van der Waals surface area contributed by atoms with Gasteiger partial charge in [0.15, 0.2) is 0 Å². The van der Waals surface area contributed by atoms with Gasteiger partial charge in [0.2, 0.25) is 0 Å². The molecule has 0 unspecified atom stereocenters. The third kappa shape index (κ3) is 16.7. The first-order valence-corrected chi connectivity index (χ1v) is 6.21. The van der Waals surface area contributed by atoms with Gasteiger partial charge in [-0.1, -0.05) is 38.5 Å². The van der Waals surface area contributed by atoms with Crippen LogP contribution in [0.25, 0.3) is 5.32 Å². The van der Waals surface area contributed by atoms with Crippen molar-refractivity contribution in [1.82, 2.24) is 0 Å². The van der Waals surface area contributed by atoms with E-state index in [9.17, 15) is 0 Å². The van der Waals surface area contributed by atoms with Gasteiger partial charge in [0, 0.05) is 7.11 Å². The van der Waals surface area contributed by atoms with Crippen LogP contribution in [0.15, 0.2) is 3.79 Å². The summed E-state index contributed by atoms with van der Waals surface area (Å²) in [4.78, 5) is 0. The van der Waals surface area contributed by atoms with E-state index in [0.717, 1.165) is 19.6 Å². The van der Waals surface area contributed by atoms with Crippen LogP contribution in [0.3, 0.4) is 0 Å². The number of hydrogen-bond acceptors (Lipinski definition) is 2. The standard InChI is InChI=1S/C9H18N.CH3N.CH4O.CH3.V/c1-10-8-4-7-9-5-2-3-6-9;2*1-2;;/h9H,2-8H2,1H3;1H3;2H,1H3;1H3;/q-1;;;-1;+2. The summed E-state index contributed by atoms with van der Waals surface area (Å²) in [7, 11) is 4.63. The Morgan fingerprint density at radius 2 is 1.75 bits per heavy atom. The Kier molecular flexibility index (Phi) is 27.9. The Hall–Kier alpha value is 0.304. The summed E-state index contributed by atoms with van der Waals surface area (Å²) < 4.78 is 3.44. The molecular formula is C12H28N2OV. The van der Waals surface area contributed by atoms with Crippen LogP contribution in [0, 0.1) is 13.3 Å². The van der Waals surface area contributed by atoms with E-state index in [2.05, 4.69) is 26.3 Å². The minimum absolute atomic E-state index is 0. The van der Waals surface area contributed by atoms with Crippen molar-refractivity contribution < 1.29 is 22.3 Å². The quantitative estimate of drug-likeness (QED) is 0.616. The van der Waals surface area contributed by atoms with Gasteiger partial charge in [-0.2, -0.15) is 7.05 Å². The van der Waals surface area contributed by atoms with Crippen molar-refractivity contribution >= 4 is 0 Å². The van der Waals surface area contributed by atoms with E-state index in [0.29, 0.717) is 0 Å². The first kappa shape index (κ1) is 21.6. The number of rotatable bonds is 4. The molecule has 3 nitrogen and oxygen atoms in total. The molecule has 0 aromatic heterocycles. The molecule has 0 amide bonds. The molecule has 1 fully saturated rings. The van der Waals surface area contributed by atoms with E-state index >= 15 is 0 Å². The molecule has 4 heteroatoms. The second-order valence-corrected chi connectivity index (χ2v) is 4.16. The minimum Gasteiger partial charge on any atom is -0.358 e. The van der Waals surface area contributed by atoms with Gasteiger partial charge in [-0.25, -0.2) is 0 Å². The number of nitrogens with zero attached hydrogens (tertiary/aromatic N) is 2. The van der Waals surface area contributed by atoms with Crippen LogP contribution < -0.4 is 0 Å². The molecule has 0 atom stereocenters. The molecule has 0 aliphatic heterocycles. The van der Waals surface area contributed by atoms with E-state index < -0.39 is 0 Å². The average molecular weight is 267 g/mol. The molecule has 1 saturated carbocycles. The van der Waals surface area contributed by atoms with Crippen LogP contribution in [0.4, 0.5) is 0 Å². The molecule has 0 radical (unpaired) electrons. The molecule has 0 bridgehead atoms. The Bertz CT molecular complexity index is 118. The van der Waals surface area contributed by atoms with E-state index in [1.54, 1.807) is 7.05 Å². The normalized spacial score (nSPS) is 13.9. The molecule has 1 rings (SSSR count). The first-order chi connectivity index (χ1) is 7.35. The summed E-state index contributed by atoms with van der Waals surface area (Å²) in [5.74, 6) is 1.06. The summed E-state index contributed by atoms with van der Waals surface area (Å²) in [5, 5.41) is 11.1. The van der Waals surface area contributed by atoms with Gasteiger partial charge in [0.25, 0.3) is 0 Å². The third-order valence-electron chi connectivity index (χ3n) is 2.47. The molecular weight excluding hydrogens is 239 g/mol. The summed E-state index contributed by atoms with van der Waals surface area (Å²) in [6, 6.07) is 0. The van der Waals surface area contributed by atoms with E-state index in [-0.39, 0.29) is 7.43 Å². The largest absolute Gasteiger partial charge is 0.358 e. The van der Waals surface area contributed by atoms with Gasteiger partial charge in [-0.15, -0.1) is 6.54 Å². The SMILES string of the molecule is CO.C[N-]CCCC1CCCC1.C[N]=[V+2].[CH3-]. The molecule has 0 saturated heterocycles. The van der Waals surface area contributed by atoms with Gasteiger partial charge in [-0.05, 0) is 5.92 Å². The van der Waals surface area contributed by atoms with E-state index in [1.165, 1.54) is 38.5 Å². The van der Waals surface area contributed by atoms with Crippen LogP contribution in [0.2, 0.25) is 0 Å². The van der Waals surface area contributed by atoms with Crippen molar-refractivity contribution in [2.45, 2.75) is 38.5 Å². The Morgan fingerprint density at radius 1 is 1.31 bits per heavy atom. The molecule has 0 aromatic carbocycles. The predicted octanol–water partition coefficient (Wildman–Crippen LogP) is 3.37. The van der Waals surface area contributed by atoms with Gasteiger partial charge in [0.05, 0.1) is 0 Å². The number of aliphatic hydroxyl groups excluding tert-OH is 1. The molecule has 1 aliphatic carbocycles. The minimum atomic E-state index is 0. The van der Waals surface area contributed by atoms with Gasteiger partial charge in [0.1, 0.15) is 0 Å². The summed E-state index contributed by atoms with van der Waals surface area (Å²) >= 11 is 2.09. The summed E-state index contributed by atoms with van der Waals surface area (Å²) in [6.45, 7) is 1.08. The molecule has 1 aliphatic rings. The van der Waals surface area contributed by atoms with Crippen molar-refractivity contribution in [1.29, 1.82) is 0 Å². The molecule has 0 aromatic rings. The predicted molar refractivity (Wildman–Crippen MR) is 68.3 cm³/mol. The maximum absolute atomic E-state index is 7.00. The van der Waals surface area contributed by atoms with Gasteiger partial charge in [-0.3, -0.25) is 0 Å². The zero-order valence-electron chi connectivity index (χ0n) is 11.3. The Balaban J connectivity index is -0.000000246. The maximum atomic E-state index is 7.00. The maximum Gasteiger partial charge on any atom is -0.358 e. The van der Waals surface area contributed by atoms with Crippen LogP contribution in [-0.4, -0.2) is 32.9 Å². The van der Waals surface area contributed by atoms with Gasteiger partial charge < -0.3 is 17.8 Å². The molecule has 1 N–H and O–H groups in total. The fraction of sp³-hybridized carbons (Fsp3) is 0.917. The molecule has 0 heterocycles. The van der Waals surface area contributed by atoms with Gasteiger partial charge >= 0.3 is 28.1 Å². The fourth-order valence-electron chi connectivity index (χ4n) is 1.84. The zero-order chi connectivity index (χ0) is 11.9. The first-order valence-electron chi connectivity index (χ1n) is 5.58. The summed E-state index contributed by atoms with van der Waals surface area (Å²) in [5.41, 5.74) is 0.